The Kier molecular flexibility index (Phi) is 8.87. The summed E-state index contributed by atoms with van der Waals surface area (Å²) < 4.78 is 38.4. The van der Waals surface area contributed by atoms with Crippen LogP contribution in [-0.4, -0.2) is 47.4 Å². The molecule has 0 unspecified atom stereocenters. The van der Waals surface area contributed by atoms with Crippen LogP contribution in [0.1, 0.15) is 15.9 Å². The number of hydrogen-bond acceptors (Lipinski definition) is 6. The second-order valence-electron chi connectivity index (χ2n) is 4.17. The van der Waals surface area contributed by atoms with E-state index in [9.17, 15) is 22.9 Å². The molecule has 2 aromatic carbocycles. The molecule has 0 radical (unpaired) electrons. The Balaban J connectivity index is 0. The molecule has 0 bridgehead atoms. The molecule has 2 rings (SSSR count). The largest absolute Gasteiger partial charge is 0.744 e. The normalized spacial score (nSPS) is 9.75. The quantitative estimate of drug-likeness (QED) is 0.538. The third kappa shape index (κ3) is 4.75. The number of aromatic hydroxyl groups is 1. The van der Waals surface area contributed by atoms with Crippen molar-refractivity contribution in [2.45, 2.75) is 4.90 Å². The maximum absolute atomic E-state index is 12.2. The van der Waals surface area contributed by atoms with Crippen molar-refractivity contribution in [3.8, 4) is 11.5 Å². The molecule has 0 aromatic heterocycles. The summed E-state index contributed by atoms with van der Waals surface area (Å²) in [6.45, 7) is 0. The van der Waals surface area contributed by atoms with Gasteiger partial charge >= 0.3 is 0 Å². The number of phenolic OH excluding ortho intramolecular Hbond substituents is 1. The third-order valence-electron chi connectivity index (χ3n) is 2.83. The van der Waals surface area contributed by atoms with Gasteiger partial charge in [0.15, 0.2) is 5.78 Å². The van der Waals surface area contributed by atoms with Gasteiger partial charge in [-0.2, -0.15) is 0 Å². The van der Waals surface area contributed by atoms with Crippen molar-refractivity contribution >= 4 is 15.9 Å². The average molecular weight is 361 g/mol. The maximum atomic E-state index is 12.2. The molecule has 2 aromatic rings. The molecule has 0 aliphatic carbocycles. The van der Waals surface area contributed by atoms with Crippen molar-refractivity contribution < 1.29 is 44.0 Å². The molecule has 0 amide bonds. The number of benzene rings is 2. The first-order valence-electron chi connectivity index (χ1n) is 5.81. The van der Waals surface area contributed by atoms with E-state index in [0.717, 1.165) is 19.2 Å². The van der Waals surface area contributed by atoms with E-state index in [1.165, 1.54) is 12.1 Å². The van der Waals surface area contributed by atoms with Gasteiger partial charge in [-0.3, -0.25) is 4.79 Å². The standard InChI is InChI=1S/C14H12O6S.3H2O/c1-20-12-8-11(15)10(7-13(12)21(17,18)19)14(16)9-5-3-2-4-6-9;;;/h2-8,15H,1H3,(H,17,18,19);3*1H2/p-1. The second-order valence-corrected chi connectivity index (χ2v) is 5.52. The molecule has 24 heavy (non-hydrogen) atoms. The fourth-order valence-corrected chi connectivity index (χ4v) is 2.48. The van der Waals surface area contributed by atoms with Crippen LogP contribution in [0, 0.1) is 0 Å². The van der Waals surface area contributed by atoms with E-state index in [-0.39, 0.29) is 33.3 Å². The molecule has 0 aliphatic heterocycles. The molecule has 0 saturated heterocycles. The highest BCUT2D eigenvalue weighted by atomic mass is 32.2. The number of phenols is 1. The van der Waals surface area contributed by atoms with Crippen molar-refractivity contribution in [2.24, 2.45) is 0 Å². The molecular formula is C14H17O9S-. The predicted molar refractivity (Wildman–Crippen MR) is 83.3 cm³/mol. The van der Waals surface area contributed by atoms with Crippen molar-refractivity contribution in [3.63, 3.8) is 0 Å². The first-order valence-corrected chi connectivity index (χ1v) is 7.22. The van der Waals surface area contributed by atoms with E-state index in [1.807, 2.05) is 0 Å². The minimum absolute atomic E-state index is 0. The number of ketones is 1. The number of carbonyl (C=O) groups excluding carboxylic acids is 1. The summed E-state index contributed by atoms with van der Waals surface area (Å²) in [5, 5.41) is 9.85. The van der Waals surface area contributed by atoms with Crippen LogP contribution >= 0.6 is 0 Å². The topological polar surface area (TPSA) is 198 Å². The predicted octanol–water partition coefficient (Wildman–Crippen LogP) is -0.938. The lowest BCUT2D eigenvalue weighted by Gasteiger charge is -2.14. The highest BCUT2D eigenvalue weighted by Crippen LogP contribution is 2.32. The van der Waals surface area contributed by atoms with Crippen molar-refractivity contribution in [2.75, 3.05) is 7.11 Å². The molecule has 10 heteroatoms. The van der Waals surface area contributed by atoms with Gasteiger partial charge < -0.3 is 30.8 Å². The summed E-state index contributed by atoms with van der Waals surface area (Å²) in [5.41, 5.74) is -0.0244. The number of rotatable bonds is 4. The molecule has 0 fully saturated rings. The van der Waals surface area contributed by atoms with Crippen molar-refractivity contribution in [3.05, 3.63) is 53.6 Å². The summed E-state index contributed by atoms with van der Waals surface area (Å²) in [5.74, 6) is -1.37. The van der Waals surface area contributed by atoms with E-state index in [4.69, 9.17) is 4.74 Å². The molecule has 0 saturated carbocycles. The molecule has 134 valence electrons. The van der Waals surface area contributed by atoms with E-state index in [0.29, 0.717) is 0 Å². The van der Waals surface area contributed by atoms with Gasteiger partial charge in [0.25, 0.3) is 0 Å². The second kappa shape index (κ2) is 8.96. The van der Waals surface area contributed by atoms with E-state index in [2.05, 4.69) is 0 Å². The fourth-order valence-electron chi connectivity index (χ4n) is 1.83. The summed E-state index contributed by atoms with van der Waals surface area (Å²) in [7, 11) is -3.68. The van der Waals surface area contributed by atoms with Gasteiger partial charge in [0.1, 0.15) is 21.6 Å². The Bertz CT molecular complexity index is 785. The minimum atomic E-state index is -4.84. The van der Waals surface area contributed by atoms with Crippen molar-refractivity contribution in [1.29, 1.82) is 0 Å². The lowest BCUT2D eigenvalue weighted by Crippen LogP contribution is -2.07. The van der Waals surface area contributed by atoms with E-state index >= 15 is 0 Å². The van der Waals surface area contributed by atoms with Crippen LogP contribution in [0.2, 0.25) is 0 Å². The number of methoxy groups -OCH3 is 1. The molecule has 9 nitrogen and oxygen atoms in total. The fraction of sp³-hybridized carbons (Fsp3) is 0.0714. The van der Waals surface area contributed by atoms with Crippen LogP contribution in [0.25, 0.3) is 0 Å². The van der Waals surface area contributed by atoms with Gasteiger partial charge in [-0.05, 0) is 6.07 Å². The van der Waals surface area contributed by atoms with Gasteiger partial charge in [-0.15, -0.1) is 0 Å². The Morgan fingerprint density at radius 2 is 1.62 bits per heavy atom. The zero-order valence-electron chi connectivity index (χ0n) is 12.4. The number of ether oxygens (including phenoxy) is 1. The molecule has 7 N–H and O–H groups in total. The minimum Gasteiger partial charge on any atom is -0.744 e. The summed E-state index contributed by atoms with van der Waals surface area (Å²) in [6, 6.07) is 9.73. The maximum Gasteiger partial charge on any atom is 0.196 e. The molecule has 0 atom stereocenters. The van der Waals surface area contributed by atoms with Crippen molar-refractivity contribution in [1.82, 2.24) is 0 Å². The van der Waals surface area contributed by atoms with Crippen LogP contribution < -0.4 is 4.74 Å². The van der Waals surface area contributed by atoms with Crippen LogP contribution in [-0.2, 0) is 10.1 Å². The van der Waals surface area contributed by atoms with Gasteiger partial charge in [-0.1, -0.05) is 30.3 Å². The van der Waals surface area contributed by atoms with E-state index in [1.54, 1.807) is 18.2 Å². The summed E-state index contributed by atoms with van der Waals surface area (Å²) in [6.07, 6.45) is 0. The number of carbonyl (C=O) groups is 1. The lowest BCUT2D eigenvalue weighted by atomic mass is 10.0. The summed E-state index contributed by atoms with van der Waals surface area (Å²) >= 11 is 0. The summed E-state index contributed by atoms with van der Waals surface area (Å²) in [4.78, 5) is 11.6. The van der Waals surface area contributed by atoms with E-state index < -0.39 is 26.5 Å². The first kappa shape index (κ1) is 23.8. The Hall–Kier alpha value is -2.50. The molecule has 0 aliphatic rings. The zero-order valence-corrected chi connectivity index (χ0v) is 13.3. The monoisotopic (exact) mass is 361 g/mol. The zero-order chi connectivity index (χ0) is 15.6. The van der Waals surface area contributed by atoms with Gasteiger partial charge in [0.2, 0.25) is 0 Å². The van der Waals surface area contributed by atoms with Crippen LogP contribution in [0.3, 0.4) is 0 Å². The molecular weight excluding hydrogens is 344 g/mol. The highest BCUT2D eigenvalue weighted by Gasteiger charge is 2.20. The van der Waals surface area contributed by atoms with Crippen LogP contribution in [0.4, 0.5) is 0 Å². The SMILES string of the molecule is COc1cc(O)c(C(=O)c2ccccc2)cc1S(=O)(=O)[O-].O.O.O. The smallest absolute Gasteiger partial charge is 0.196 e. The third-order valence-corrected chi connectivity index (χ3v) is 3.69. The Morgan fingerprint density at radius 1 is 1.08 bits per heavy atom. The number of hydrogen-bond donors (Lipinski definition) is 1. The van der Waals surface area contributed by atoms with Gasteiger partial charge in [0.05, 0.1) is 17.6 Å². The lowest BCUT2D eigenvalue weighted by molar-refractivity contribution is 0.103. The average Bonchev–Trinajstić information content (AvgIpc) is 2.45. The van der Waals surface area contributed by atoms with Crippen LogP contribution in [0.5, 0.6) is 11.5 Å². The van der Waals surface area contributed by atoms with Crippen LogP contribution in [0.15, 0.2) is 47.4 Å². The first-order chi connectivity index (χ1) is 9.84. The Morgan fingerprint density at radius 3 is 2.08 bits per heavy atom. The van der Waals surface area contributed by atoms with Gasteiger partial charge in [-0.25, -0.2) is 8.42 Å². The Labute approximate surface area is 137 Å². The van der Waals surface area contributed by atoms with Gasteiger partial charge in [0, 0.05) is 11.6 Å². The molecule has 0 spiro atoms. The molecule has 0 heterocycles. The highest BCUT2D eigenvalue weighted by molar-refractivity contribution is 7.85.